The summed E-state index contributed by atoms with van der Waals surface area (Å²) < 4.78 is 7.73. The molecule has 1 heterocycles. The van der Waals surface area contributed by atoms with Crippen LogP contribution in [-0.4, -0.2) is 34.4 Å². The highest BCUT2D eigenvalue weighted by Gasteiger charge is 2.30. The van der Waals surface area contributed by atoms with Crippen molar-refractivity contribution in [3.8, 4) is 11.1 Å². The Balaban J connectivity index is 1.17. The van der Waals surface area contributed by atoms with Crippen molar-refractivity contribution >= 4 is 23.0 Å². The number of rotatable bonds is 8. The predicted octanol–water partition coefficient (Wildman–Crippen LogP) is 6.22. The van der Waals surface area contributed by atoms with Crippen LogP contribution < -0.4 is 5.32 Å². The number of alkyl carbamates (subject to hydrolysis) is 1. The molecule has 0 aliphatic heterocycles. The zero-order chi connectivity index (χ0) is 26.8. The number of para-hydroxylation sites is 1. The Bertz CT molecular complexity index is 1610. The van der Waals surface area contributed by atoms with Gasteiger partial charge in [-0.2, -0.15) is 0 Å². The molecule has 6 rings (SSSR count). The fourth-order valence-electron chi connectivity index (χ4n) is 5.60. The lowest BCUT2D eigenvalue weighted by Crippen LogP contribution is -2.42. The summed E-state index contributed by atoms with van der Waals surface area (Å²) >= 11 is 0. The van der Waals surface area contributed by atoms with Crippen LogP contribution in [0.1, 0.15) is 28.2 Å². The first-order valence-corrected chi connectivity index (χ1v) is 13.0. The van der Waals surface area contributed by atoms with Gasteiger partial charge in [-0.1, -0.05) is 97.1 Å². The number of ether oxygens (including phenoxy) is 1. The number of nitrogens with one attached hydrogen (secondary N) is 1. The minimum atomic E-state index is -1.13. The van der Waals surface area contributed by atoms with Crippen LogP contribution in [0.2, 0.25) is 0 Å². The molecule has 0 saturated heterocycles. The fourth-order valence-corrected chi connectivity index (χ4v) is 5.60. The number of amides is 1. The van der Waals surface area contributed by atoms with Gasteiger partial charge in [0.25, 0.3) is 0 Å². The largest absolute Gasteiger partial charge is 0.480 e. The number of benzene rings is 4. The first-order valence-electron chi connectivity index (χ1n) is 13.0. The van der Waals surface area contributed by atoms with Gasteiger partial charge in [-0.25, -0.2) is 9.59 Å². The summed E-state index contributed by atoms with van der Waals surface area (Å²) in [6, 6.07) is 33.1. The highest BCUT2D eigenvalue weighted by Crippen LogP contribution is 2.44. The number of aromatic nitrogens is 1. The summed E-state index contributed by atoms with van der Waals surface area (Å²) in [5.41, 5.74) is 7.50. The van der Waals surface area contributed by atoms with Gasteiger partial charge in [-0.3, -0.25) is 0 Å². The number of hydrogen-bond donors (Lipinski definition) is 2. The van der Waals surface area contributed by atoms with Crippen molar-refractivity contribution in [3.05, 3.63) is 132 Å². The predicted molar refractivity (Wildman–Crippen MR) is 151 cm³/mol. The molecule has 1 aromatic heterocycles. The van der Waals surface area contributed by atoms with E-state index in [0.717, 1.165) is 44.3 Å². The molecule has 0 radical (unpaired) electrons. The fraction of sp³-hybridized carbons (Fsp3) is 0.152. The van der Waals surface area contributed by atoms with E-state index in [2.05, 4.69) is 34.1 Å². The molecular weight excluding hydrogens is 488 g/mol. The third kappa shape index (κ3) is 4.89. The Labute approximate surface area is 226 Å². The van der Waals surface area contributed by atoms with Gasteiger partial charge in [-0.05, 0) is 39.4 Å². The van der Waals surface area contributed by atoms with E-state index in [1.165, 1.54) is 0 Å². The maximum atomic E-state index is 12.8. The zero-order valence-electron chi connectivity index (χ0n) is 21.3. The van der Waals surface area contributed by atoms with E-state index in [1.807, 2.05) is 85.1 Å². The average Bonchev–Trinajstić information content (AvgIpc) is 3.47. The number of carboxylic acids is 1. The molecular formula is C33H28N2O4. The molecule has 6 nitrogen and oxygen atoms in total. The van der Waals surface area contributed by atoms with Crippen molar-refractivity contribution in [2.45, 2.75) is 24.9 Å². The number of aliphatic carboxylic acids is 1. The van der Waals surface area contributed by atoms with Gasteiger partial charge in [0.15, 0.2) is 0 Å². The first kappa shape index (κ1) is 24.5. The SMILES string of the molecule is O=C(N[C@@H](Cc1cn(Cc2ccccc2)c2ccccc12)C(=O)O)OCC1c2ccccc2-c2ccccc21. The molecule has 1 atom stereocenters. The number of carboxylic acid groups (broad SMARTS) is 1. The van der Waals surface area contributed by atoms with Gasteiger partial charge in [-0.15, -0.1) is 0 Å². The van der Waals surface area contributed by atoms with Gasteiger partial charge in [0, 0.05) is 36.0 Å². The molecule has 1 aliphatic carbocycles. The second-order valence-electron chi connectivity index (χ2n) is 9.85. The van der Waals surface area contributed by atoms with E-state index < -0.39 is 18.1 Å². The molecule has 1 amide bonds. The maximum Gasteiger partial charge on any atom is 0.407 e. The van der Waals surface area contributed by atoms with Crippen molar-refractivity contribution < 1.29 is 19.4 Å². The highest BCUT2D eigenvalue weighted by atomic mass is 16.5. The number of carbonyl (C=O) groups is 2. The van der Waals surface area contributed by atoms with E-state index in [9.17, 15) is 14.7 Å². The van der Waals surface area contributed by atoms with Crippen LogP contribution >= 0.6 is 0 Å². The number of nitrogens with zero attached hydrogens (tertiary/aromatic N) is 1. The van der Waals surface area contributed by atoms with Crippen LogP contribution in [0.15, 0.2) is 109 Å². The zero-order valence-corrected chi connectivity index (χ0v) is 21.3. The summed E-state index contributed by atoms with van der Waals surface area (Å²) in [5, 5.41) is 13.5. The molecule has 1 aliphatic rings. The van der Waals surface area contributed by atoms with E-state index in [-0.39, 0.29) is 18.9 Å². The van der Waals surface area contributed by atoms with Gasteiger partial charge in [0.1, 0.15) is 12.6 Å². The Morgan fingerprint density at radius 1 is 0.821 bits per heavy atom. The molecule has 0 unspecified atom stereocenters. The first-order chi connectivity index (χ1) is 19.1. The molecule has 39 heavy (non-hydrogen) atoms. The molecule has 0 bridgehead atoms. The van der Waals surface area contributed by atoms with Crippen molar-refractivity contribution in [1.29, 1.82) is 0 Å². The van der Waals surface area contributed by atoms with E-state index in [4.69, 9.17) is 4.74 Å². The van der Waals surface area contributed by atoms with Gasteiger partial charge < -0.3 is 19.7 Å². The second kappa shape index (κ2) is 10.5. The van der Waals surface area contributed by atoms with Crippen molar-refractivity contribution in [3.63, 3.8) is 0 Å². The summed E-state index contributed by atoms with van der Waals surface area (Å²) in [6.45, 7) is 0.793. The van der Waals surface area contributed by atoms with E-state index >= 15 is 0 Å². The Kier molecular flexibility index (Phi) is 6.59. The molecule has 5 aromatic rings. The molecule has 2 N–H and O–H groups in total. The van der Waals surface area contributed by atoms with Crippen molar-refractivity contribution in [2.75, 3.05) is 6.61 Å². The van der Waals surface area contributed by atoms with Crippen LogP contribution in [0.3, 0.4) is 0 Å². The summed E-state index contributed by atoms with van der Waals surface area (Å²) in [4.78, 5) is 25.0. The normalized spacial score (nSPS) is 13.0. The third-order valence-corrected chi connectivity index (χ3v) is 7.42. The summed E-state index contributed by atoms with van der Waals surface area (Å²) in [7, 11) is 0. The Morgan fingerprint density at radius 2 is 1.44 bits per heavy atom. The number of carbonyl (C=O) groups excluding carboxylic acids is 1. The number of fused-ring (bicyclic) bond motifs is 4. The van der Waals surface area contributed by atoms with E-state index in [0.29, 0.717) is 6.54 Å². The van der Waals surface area contributed by atoms with Crippen LogP contribution in [0.25, 0.3) is 22.0 Å². The molecule has 0 fully saturated rings. The quantitative estimate of drug-likeness (QED) is 0.256. The monoisotopic (exact) mass is 516 g/mol. The van der Waals surface area contributed by atoms with Crippen LogP contribution in [0.4, 0.5) is 4.79 Å². The standard InChI is InChI=1S/C33H28N2O4/c36-32(37)30(18-23-20-35(19-22-10-2-1-3-11-22)31-17-9-8-12-24(23)31)34-33(38)39-21-29-27-15-6-4-13-25(27)26-14-5-7-16-28(26)29/h1-17,20,29-30H,18-19,21H2,(H,34,38)(H,36,37)/t30-/m0/s1. The lowest BCUT2D eigenvalue weighted by molar-refractivity contribution is -0.139. The Morgan fingerprint density at radius 3 is 2.13 bits per heavy atom. The van der Waals surface area contributed by atoms with Gasteiger partial charge in [0.05, 0.1) is 0 Å². The smallest absolute Gasteiger partial charge is 0.407 e. The Hall–Kier alpha value is -4.84. The second-order valence-corrected chi connectivity index (χ2v) is 9.85. The minimum absolute atomic E-state index is 0.0950. The van der Waals surface area contributed by atoms with Crippen LogP contribution in [-0.2, 0) is 22.5 Å². The molecule has 6 heteroatoms. The van der Waals surface area contributed by atoms with Gasteiger partial charge in [0.2, 0.25) is 0 Å². The van der Waals surface area contributed by atoms with E-state index in [1.54, 1.807) is 0 Å². The van der Waals surface area contributed by atoms with Gasteiger partial charge >= 0.3 is 12.1 Å². The third-order valence-electron chi connectivity index (χ3n) is 7.42. The molecule has 0 spiro atoms. The van der Waals surface area contributed by atoms with Crippen LogP contribution in [0, 0.1) is 0 Å². The lowest BCUT2D eigenvalue weighted by atomic mass is 9.98. The van der Waals surface area contributed by atoms with Crippen molar-refractivity contribution in [1.82, 2.24) is 9.88 Å². The maximum absolute atomic E-state index is 12.8. The molecule has 194 valence electrons. The average molecular weight is 517 g/mol. The minimum Gasteiger partial charge on any atom is -0.480 e. The topological polar surface area (TPSA) is 80.6 Å². The summed E-state index contributed by atoms with van der Waals surface area (Å²) in [6.07, 6.45) is 1.38. The van der Waals surface area contributed by atoms with Crippen molar-refractivity contribution in [2.24, 2.45) is 0 Å². The highest BCUT2D eigenvalue weighted by molar-refractivity contribution is 5.86. The molecule has 4 aromatic carbocycles. The lowest BCUT2D eigenvalue weighted by Gasteiger charge is -2.17. The number of hydrogen-bond acceptors (Lipinski definition) is 3. The summed E-state index contributed by atoms with van der Waals surface area (Å²) in [5.74, 6) is -1.20. The van der Waals surface area contributed by atoms with Crippen LogP contribution in [0.5, 0.6) is 0 Å². The molecule has 0 saturated carbocycles.